The molecule has 2 nitrogen and oxygen atoms in total. The molecule has 12 rings (SSSR count). The van der Waals surface area contributed by atoms with Crippen molar-refractivity contribution in [2.75, 3.05) is 0 Å². The molecular formula is C61H54N2. The van der Waals surface area contributed by atoms with Gasteiger partial charge in [0.1, 0.15) is 0 Å². The maximum absolute atomic E-state index is 5.79. The Kier molecular flexibility index (Phi) is 8.33. The van der Waals surface area contributed by atoms with Crippen LogP contribution in [0.4, 0.5) is 0 Å². The van der Waals surface area contributed by atoms with E-state index in [-0.39, 0.29) is 22.2 Å². The van der Waals surface area contributed by atoms with E-state index in [0.717, 1.165) is 29.8 Å². The third-order valence-corrected chi connectivity index (χ3v) is 15.4. The van der Waals surface area contributed by atoms with Crippen molar-refractivity contribution in [2.45, 2.75) is 83.5 Å². The van der Waals surface area contributed by atoms with Crippen LogP contribution in [0.1, 0.15) is 101 Å². The van der Waals surface area contributed by atoms with Gasteiger partial charge in [0, 0.05) is 45.4 Å². The Morgan fingerprint density at radius 1 is 0.587 bits per heavy atom. The van der Waals surface area contributed by atoms with Crippen LogP contribution in [0.2, 0.25) is 0 Å². The summed E-state index contributed by atoms with van der Waals surface area (Å²) in [5.41, 5.74) is 20.7. The zero-order valence-electron chi connectivity index (χ0n) is 37.4. The summed E-state index contributed by atoms with van der Waals surface area (Å²) in [5.74, 6) is 0.237. The highest BCUT2D eigenvalue weighted by Crippen LogP contribution is 2.51. The summed E-state index contributed by atoms with van der Waals surface area (Å²) in [7, 11) is 0. The largest absolute Gasteiger partial charge is 0.313 e. The van der Waals surface area contributed by atoms with E-state index >= 15 is 0 Å². The summed E-state index contributed by atoms with van der Waals surface area (Å²) in [5, 5.41) is 5.24. The van der Waals surface area contributed by atoms with Crippen molar-refractivity contribution < 1.29 is 0 Å². The average Bonchev–Trinajstić information content (AvgIpc) is 3.59. The number of aromatic nitrogens is 1. The van der Waals surface area contributed by atoms with Crippen molar-refractivity contribution in [3.8, 4) is 11.1 Å². The van der Waals surface area contributed by atoms with Crippen molar-refractivity contribution >= 4 is 55.3 Å². The highest BCUT2D eigenvalue weighted by molar-refractivity contribution is 6.16. The number of nitrogens with zero attached hydrogens (tertiary/aromatic N) is 2. The third-order valence-electron chi connectivity index (χ3n) is 15.4. The van der Waals surface area contributed by atoms with Gasteiger partial charge < -0.3 is 4.57 Å². The summed E-state index contributed by atoms with van der Waals surface area (Å²) < 4.78 is 2.64. The standard InChI is InChI=1S/C61H54N2/c1-59(2)28-29-60(3,4)54-37-58-50(36-53(54)59)49-31-39-18-10-11-19-40(39)34-57(49)63(58)44-30-42-20-12-13-21-45(42)48(35-44)55-27-25-41(38-16-8-7-9-17-38)33-56(62-55)43-24-26-47-46-22-14-15-23-51(46)61(5,6)52(47)32-43/h7-26,31-37,42H,27-30H2,1-6H3. The molecule has 0 saturated carbocycles. The van der Waals surface area contributed by atoms with Gasteiger partial charge in [-0.3, -0.25) is 4.99 Å². The highest BCUT2D eigenvalue weighted by Gasteiger charge is 2.39. The molecule has 2 heterocycles. The molecule has 1 aliphatic heterocycles. The van der Waals surface area contributed by atoms with Gasteiger partial charge in [0.25, 0.3) is 0 Å². The lowest BCUT2D eigenvalue weighted by atomic mass is 9.63. The van der Waals surface area contributed by atoms with E-state index in [9.17, 15) is 0 Å². The molecule has 7 aromatic rings. The lowest BCUT2D eigenvalue weighted by Gasteiger charge is -2.42. The number of aliphatic imine (C=N–C) groups is 1. The minimum Gasteiger partial charge on any atom is -0.313 e. The zero-order valence-corrected chi connectivity index (χ0v) is 37.4. The molecule has 0 bridgehead atoms. The monoisotopic (exact) mass is 814 g/mol. The predicted octanol–water partition coefficient (Wildman–Crippen LogP) is 15.9. The molecule has 0 N–H and O–H groups in total. The van der Waals surface area contributed by atoms with Crippen molar-refractivity contribution in [3.63, 3.8) is 0 Å². The predicted molar refractivity (Wildman–Crippen MR) is 268 cm³/mol. The van der Waals surface area contributed by atoms with Crippen LogP contribution in [0.15, 0.2) is 180 Å². The normalized spacial score (nSPS) is 20.4. The van der Waals surface area contributed by atoms with Crippen molar-refractivity contribution in [1.29, 1.82) is 0 Å². The maximum Gasteiger partial charge on any atom is 0.0711 e. The number of hydrogen-bond acceptors (Lipinski definition) is 1. The molecule has 1 unspecified atom stereocenters. The van der Waals surface area contributed by atoms with Crippen molar-refractivity contribution in [3.05, 3.63) is 208 Å². The second-order valence-corrected chi connectivity index (χ2v) is 20.5. The summed E-state index contributed by atoms with van der Waals surface area (Å²) in [6.07, 6.45) is 20.5. The number of benzene rings is 6. The summed E-state index contributed by atoms with van der Waals surface area (Å²) in [4.78, 5) is 5.79. The molecule has 0 amide bonds. The fraction of sp³-hybridized carbons (Fsp3) is 0.230. The second kappa shape index (κ2) is 13.7. The first-order valence-electron chi connectivity index (χ1n) is 23.1. The molecule has 1 atom stereocenters. The average molecular weight is 815 g/mol. The molecule has 0 spiro atoms. The number of fused-ring (bicyclic) bond motifs is 9. The van der Waals surface area contributed by atoms with Gasteiger partial charge in [0.2, 0.25) is 0 Å². The Morgan fingerprint density at radius 2 is 1.27 bits per heavy atom. The first-order valence-corrected chi connectivity index (χ1v) is 23.1. The van der Waals surface area contributed by atoms with Crippen LogP contribution in [0, 0.1) is 5.92 Å². The van der Waals surface area contributed by atoms with Crippen LogP contribution in [0.3, 0.4) is 0 Å². The topological polar surface area (TPSA) is 17.3 Å². The van der Waals surface area contributed by atoms with Gasteiger partial charge in [-0.1, -0.05) is 163 Å². The molecule has 0 radical (unpaired) electrons. The molecule has 5 aliphatic rings. The van der Waals surface area contributed by atoms with Crippen LogP contribution in [-0.4, -0.2) is 10.3 Å². The Labute approximate surface area is 372 Å². The van der Waals surface area contributed by atoms with Gasteiger partial charge >= 0.3 is 0 Å². The van der Waals surface area contributed by atoms with Crippen LogP contribution in [0.5, 0.6) is 0 Å². The third kappa shape index (κ3) is 5.94. The first kappa shape index (κ1) is 38.2. The van der Waals surface area contributed by atoms with E-state index < -0.39 is 0 Å². The van der Waals surface area contributed by atoms with E-state index in [4.69, 9.17) is 4.99 Å². The van der Waals surface area contributed by atoms with Crippen LogP contribution in [0.25, 0.3) is 60.7 Å². The molecule has 0 saturated heterocycles. The van der Waals surface area contributed by atoms with Crippen LogP contribution in [-0.2, 0) is 16.2 Å². The number of allylic oxidation sites excluding steroid dienone is 11. The van der Waals surface area contributed by atoms with Gasteiger partial charge in [-0.15, -0.1) is 0 Å². The minimum absolute atomic E-state index is 0.0945. The SMILES string of the molecule is CC1(C)CCC(C)(C)c2cc3c(cc21)c1cc2ccccc2cc1n3C1=CC(C2=NC(c3ccc4c(c3)C(C)(C)c3ccccc3-4)=CC(c3ccccc3)=CC2)=C2C=CC=CC2C1. The lowest BCUT2D eigenvalue weighted by Crippen LogP contribution is -2.33. The van der Waals surface area contributed by atoms with Gasteiger partial charge in [0.15, 0.2) is 0 Å². The molecule has 4 aliphatic carbocycles. The number of hydrogen-bond donors (Lipinski definition) is 0. The molecule has 63 heavy (non-hydrogen) atoms. The van der Waals surface area contributed by atoms with Gasteiger partial charge in [-0.2, -0.15) is 0 Å². The summed E-state index contributed by atoms with van der Waals surface area (Å²) in [6, 6.07) is 45.8. The van der Waals surface area contributed by atoms with Crippen LogP contribution >= 0.6 is 0 Å². The van der Waals surface area contributed by atoms with Crippen LogP contribution < -0.4 is 0 Å². The van der Waals surface area contributed by atoms with E-state index in [2.05, 4.69) is 210 Å². The molecule has 6 aromatic carbocycles. The van der Waals surface area contributed by atoms with E-state index in [1.165, 1.54) is 107 Å². The smallest absolute Gasteiger partial charge is 0.0711 e. The molecular weight excluding hydrogens is 761 g/mol. The van der Waals surface area contributed by atoms with Gasteiger partial charge in [0.05, 0.1) is 22.4 Å². The molecule has 1 aromatic heterocycles. The summed E-state index contributed by atoms with van der Waals surface area (Å²) >= 11 is 0. The quantitative estimate of drug-likeness (QED) is 0.168. The maximum atomic E-state index is 5.79. The number of rotatable bonds is 4. The Hall–Kier alpha value is -6.51. The van der Waals surface area contributed by atoms with Crippen molar-refractivity contribution in [1.82, 2.24) is 4.57 Å². The summed E-state index contributed by atoms with van der Waals surface area (Å²) in [6.45, 7) is 14.5. The second-order valence-electron chi connectivity index (χ2n) is 20.5. The Bertz CT molecular complexity index is 3340. The van der Waals surface area contributed by atoms with E-state index in [1.54, 1.807) is 0 Å². The van der Waals surface area contributed by atoms with E-state index in [1.807, 2.05) is 0 Å². The Balaban J connectivity index is 1.08. The molecule has 0 fully saturated rings. The molecule has 2 heteroatoms. The zero-order chi connectivity index (χ0) is 42.8. The lowest BCUT2D eigenvalue weighted by molar-refractivity contribution is 0.332. The van der Waals surface area contributed by atoms with E-state index in [0.29, 0.717) is 0 Å². The minimum atomic E-state index is -0.103. The van der Waals surface area contributed by atoms with Gasteiger partial charge in [-0.25, -0.2) is 0 Å². The Morgan fingerprint density at radius 3 is 2.08 bits per heavy atom. The highest BCUT2D eigenvalue weighted by atomic mass is 15.0. The fourth-order valence-electron chi connectivity index (χ4n) is 11.7. The first-order chi connectivity index (χ1) is 30.4. The van der Waals surface area contributed by atoms with Crippen molar-refractivity contribution in [2.24, 2.45) is 10.9 Å². The molecule has 308 valence electrons. The fourth-order valence-corrected chi connectivity index (χ4v) is 11.7. The van der Waals surface area contributed by atoms with Gasteiger partial charge in [-0.05, 0) is 133 Å².